The maximum Gasteiger partial charge on any atom is 0.279 e. The molecule has 0 aliphatic carbocycles. The van der Waals surface area contributed by atoms with Crippen molar-refractivity contribution in [2.45, 2.75) is 6.92 Å². The lowest BCUT2D eigenvalue weighted by atomic mass is 10.2. The van der Waals surface area contributed by atoms with Crippen molar-refractivity contribution in [2.75, 3.05) is 5.32 Å². The highest BCUT2D eigenvalue weighted by atomic mass is 16.1. The van der Waals surface area contributed by atoms with Crippen molar-refractivity contribution >= 4 is 11.6 Å². The van der Waals surface area contributed by atoms with Crippen LogP contribution in [-0.4, -0.2) is 15.2 Å². The Balaban J connectivity index is 1.88. The largest absolute Gasteiger partial charge is 0.324 e. The van der Waals surface area contributed by atoms with E-state index in [-0.39, 0.29) is 5.56 Å². The average Bonchev–Trinajstić information content (AvgIpc) is 2.51. The Morgan fingerprint density at radius 3 is 2.33 bits per heavy atom. The molecule has 5 heteroatoms. The lowest BCUT2D eigenvalue weighted by Crippen LogP contribution is -2.15. The molecule has 0 unspecified atom stereocenters. The molecule has 0 fully saturated rings. The fourth-order valence-electron chi connectivity index (χ4n) is 1.95. The van der Waals surface area contributed by atoms with E-state index in [9.17, 15) is 4.79 Å². The van der Waals surface area contributed by atoms with Crippen LogP contribution in [-0.2, 0) is 0 Å². The molecule has 104 valence electrons. The number of rotatable bonds is 3. The average molecular weight is 278 g/mol. The summed E-state index contributed by atoms with van der Waals surface area (Å²) in [5.74, 6) is 0.323. The number of aromatic amines is 1. The lowest BCUT2D eigenvalue weighted by Gasteiger charge is -2.05. The molecule has 0 radical (unpaired) electrons. The molecule has 2 N–H and O–H groups in total. The van der Waals surface area contributed by atoms with Crippen LogP contribution in [0.15, 0.2) is 59.4 Å². The molecule has 0 spiro atoms. The summed E-state index contributed by atoms with van der Waals surface area (Å²) in [7, 11) is 0. The van der Waals surface area contributed by atoms with E-state index in [0.717, 1.165) is 11.3 Å². The number of hydrogen-bond donors (Lipinski definition) is 2. The number of H-pyrrole nitrogens is 1. The molecule has 0 saturated heterocycles. The van der Waals surface area contributed by atoms with Crippen molar-refractivity contribution in [1.82, 2.24) is 15.2 Å². The van der Waals surface area contributed by atoms with Gasteiger partial charge in [0.05, 0.1) is 0 Å². The molecule has 21 heavy (non-hydrogen) atoms. The fourth-order valence-corrected chi connectivity index (χ4v) is 1.95. The van der Waals surface area contributed by atoms with Gasteiger partial charge in [-0.05, 0) is 19.1 Å². The molecule has 0 amide bonds. The number of aromatic nitrogens is 3. The molecule has 0 saturated carbocycles. The topological polar surface area (TPSA) is 70.7 Å². The molecular weight excluding hydrogens is 264 g/mol. The van der Waals surface area contributed by atoms with Gasteiger partial charge in [0, 0.05) is 11.3 Å². The Morgan fingerprint density at radius 1 is 0.952 bits per heavy atom. The summed E-state index contributed by atoms with van der Waals surface area (Å²) < 4.78 is 0. The summed E-state index contributed by atoms with van der Waals surface area (Å²) in [5.41, 5.74) is 2.79. The summed E-state index contributed by atoms with van der Waals surface area (Å²) in [6, 6.07) is 17.0. The summed E-state index contributed by atoms with van der Waals surface area (Å²) in [6.45, 7) is 2.01. The number of nitrogens with one attached hydrogen (secondary N) is 2. The van der Waals surface area contributed by atoms with Crippen molar-refractivity contribution in [2.24, 2.45) is 0 Å². The highest BCUT2D eigenvalue weighted by molar-refractivity contribution is 5.58. The molecule has 3 aromatic rings. The van der Waals surface area contributed by atoms with Gasteiger partial charge in [0.15, 0.2) is 5.69 Å². The molecule has 5 nitrogen and oxygen atoms in total. The van der Waals surface area contributed by atoms with E-state index in [1.165, 1.54) is 5.56 Å². The molecule has 2 aromatic carbocycles. The van der Waals surface area contributed by atoms with E-state index in [2.05, 4.69) is 20.5 Å². The number of hydrogen-bond acceptors (Lipinski definition) is 4. The van der Waals surface area contributed by atoms with Gasteiger partial charge in [-0.3, -0.25) is 9.78 Å². The van der Waals surface area contributed by atoms with Crippen LogP contribution in [0.25, 0.3) is 11.3 Å². The second-order valence-electron chi connectivity index (χ2n) is 4.71. The Labute approximate surface area is 121 Å². The second-order valence-corrected chi connectivity index (χ2v) is 4.71. The van der Waals surface area contributed by atoms with Gasteiger partial charge >= 0.3 is 0 Å². The third-order valence-corrected chi connectivity index (χ3v) is 3.06. The molecule has 3 rings (SSSR count). The Bertz CT molecular complexity index is 795. The van der Waals surface area contributed by atoms with Gasteiger partial charge < -0.3 is 5.32 Å². The van der Waals surface area contributed by atoms with Crippen molar-refractivity contribution < 1.29 is 0 Å². The van der Waals surface area contributed by atoms with Crippen LogP contribution in [0.3, 0.4) is 0 Å². The van der Waals surface area contributed by atoms with Crippen molar-refractivity contribution in [3.8, 4) is 11.3 Å². The Kier molecular flexibility index (Phi) is 3.47. The third kappa shape index (κ3) is 2.97. The number of aryl methyl sites for hydroxylation is 1. The van der Waals surface area contributed by atoms with Gasteiger partial charge in [0.25, 0.3) is 5.56 Å². The standard InChI is InChI=1S/C16H14N4O/c1-11-7-9-13(10-8-11)17-16-18-15(21)14(19-20-16)12-5-3-2-4-6-12/h2-10H,1H3,(H2,17,18,20,21). The lowest BCUT2D eigenvalue weighted by molar-refractivity contribution is 0.962. The van der Waals surface area contributed by atoms with Crippen molar-refractivity contribution in [1.29, 1.82) is 0 Å². The summed E-state index contributed by atoms with van der Waals surface area (Å²) in [5, 5.41) is 11.0. The van der Waals surface area contributed by atoms with Crippen LogP contribution in [0.5, 0.6) is 0 Å². The summed E-state index contributed by atoms with van der Waals surface area (Å²) >= 11 is 0. The third-order valence-electron chi connectivity index (χ3n) is 3.06. The number of nitrogens with zero attached hydrogens (tertiary/aromatic N) is 2. The summed E-state index contributed by atoms with van der Waals surface area (Å²) in [4.78, 5) is 14.8. The van der Waals surface area contributed by atoms with Crippen LogP contribution in [0, 0.1) is 6.92 Å². The zero-order valence-electron chi connectivity index (χ0n) is 11.5. The fraction of sp³-hybridized carbons (Fsp3) is 0.0625. The first-order chi connectivity index (χ1) is 10.2. The van der Waals surface area contributed by atoms with Crippen LogP contribution < -0.4 is 10.9 Å². The van der Waals surface area contributed by atoms with E-state index in [4.69, 9.17) is 0 Å². The highest BCUT2D eigenvalue weighted by Gasteiger charge is 2.07. The molecule has 1 aromatic heterocycles. The first kappa shape index (κ1) is 13.1. The SMILES string of the molecule is Cc1ccc(Nc2nnc(-c3ccccc3)c(=O)[nH]2)cc1. The first-order valence-electron chi connectivity index (χ1n) is 6.58. The number of benzene rings is 2. The Morgan fingerprint density at radius 2 is 1.67 bits per heavy atom. The Hall–Kier alpha value is -2.95. The van der Waals surface area contributed by atoms with Gasteiger partial charge in [-0.15, -0.1) is 10.2 Å². The quantitative estimate of drug-likeness (QED) is 0.772. The highest BCUT2D eigenvalue weighted by Crippen LogP contribution is 2.14. The van der Waals surface area contributed by atoms with E-state index < -0.39 is 0 Å². The zero-order chi connectivity index (χ0) is 14.7. The van der Waals surface area contributed by atoms with Crippen LogP contribution in [0.2, 0.25) is 0 Å². The minimum atomic E-state index is -0.272. The normalized spacial score (nSPS) is 10.3. The minimum absolute atomic E-state index is 0.272. The van der Waals surface area contributed by atoms with Crippen molar-refractivity contribution in [3.63, 3.8) is 0 Å². The monoisotopic (exact) mass is 278 g/mol. The second kappa shape index (κ2) is 5.58. The molecule has 0 aliphatic rings. The van der Waals surface area contributed by atoms with E-state index in [1.54, 1.807) is 0 Å². The van der Waals surface area contributed by atoms with E-state index >= 15 is 0 Å². The summed E-state index contributed by atoms with van der Waals surface area (Å²) in [6.07, 6.45) is 0. The maximum absolute atomic E-state index is 12.1. The van der Waals surface area contributed by atoms with E-state index in [1.807, 2.05) is 61.5 Å². The molecule has 1 heterocycles. The van der Waals surface area contributed by atoms with Gasteiger partial charge in [0.1, 0.15) is 0 Å². The van der Waals surface area contributed by atoms with Gasteiger partial charge in [-0.1, -0.05) is 48.0 Å². The minimum Gasteiger partial charge on any atom is -0.324 e. The smallest absolute Gasteiger partial charge is 0.279 e. The number of anilines is 2. The van der Waals surface area contributed by atoms with Gasteiger partial charge in [0.2, 0.25) is 5.95 Å². The van der Waals surface area contributed by atoms with Crippen LogP contribution in [0.1, 0.15) is 5.56 Å². The van der Waals surface area contributed by atoms with Crippen LogP contribution >= 0.6 is 0 Å². The van der Waals surface area contributed by atoms with Gasteiger partial charge in [-0.25, -0.2) is 0 Å². The predicted octanol–water partition coefficient (Wildman–Crippen LogP) is 2.88. The predicted molar refractivity (Wildman–Crippen MR) is 82.6 cm³/mol. The molecule has 0 atom stereocenters. The molecule has 0 bridgehead atoms. The van der Waals surface area contributed by atoms with Crippen LogP contribution in [0.4, 0.5) is 11.6 Å². The molecular formula is C16H14N4O. The zero-order valence-corrected chi connectivity index (χ0v) is 11.5. The molecule has 0 aliphatic heterocycles. The van der Waals surface area contributed by atoms with E-state index in [0.29, 0.717) is 11.6 Å². The maximum atomic E-state index is 12.1. The van der Waals surface area contributed by atoms with Gasteiger partial charge in [-0.2, -0.15) is 0 Å². The first-order valence-corrected chi connectivity index (χ1v) is 6.58. The van der Waals surface area contributed by atoms with Crippen molar-refractivity contribution in [3.05, 3.63) is 70.5 Å².